The van der Waals surface area contributed by atoms with Crippen LogP contribution in [0.2, 0.25) is 0 Å². The minimum absolute atomic E-state index is 0.120. The first-order chi connectivity index (χ1) is 12.3. The number of aliphatic hydroxyl groups excluding tert-OH is 2. The fourth-order valence-electron chi connectivity index (χ4n) is 3.32. The smallest absolute Gasteiger partial charge is 0.337 e. The summed E-state index contributed by atoms with van der Waals surface area (Å²) in [6.07, 6.45) is 0.0136. The van der Waals surface area contributed by atoms with Crippen LogP contribution in [0.3, 0.4) is 0 Å². The predicted octanol–water partition coefficient (Wildman–Crippen LogP) is -1.31. The number of nitrogens with zero attached hydrogens (tertiary/aromatic N) is 2. The first kappa shape index (κ1) is 17.8. The van der Waals surface area contributed by atoms with Gasteiger partial charge in [-0.15, -0.1) is 0 Å². The summed E-state index contributed by atoms with van der Waals surface area (Å²) in [6.45, 7) is 0. The lowest BCUT2D eigenvalue weighted by molar-refractivity contribution is -0.0688. The van der Waals surface area contributed by atoms with E-state index in [1.165, 1.54) is 6.20 Å². The van der Waals surface area contributed by atoms with Gasteiger partial charge in [-0.1, -0.05) is 0 Å². The molecule has 138 valence electrons. The Hall–Kier alpha value is -2.98. The lowest BCUT2D eigenvalue weighted by Gasteiger charge is -2.38. The van der Waals surface area contributed by atoms with E-state index >= 15 is 0 Å². The molecule has 0 amide bonds. The maximum absolute atomic E-state index is 12.1. The normalized spacial score (nSPS) is 25.8. The minimum atomic E-state index is -1.41. The Morgan fingerprint density at radius 3 is 2.19 bits per heavy atom. The molecule has 2 aromatic heterocycles. The minimum Gasteiger partial charge on any atom is -0.478 e. The van der Waals surface area contributed by atoms with Gasteiger partial charge in [-0.2, -0.15) is 0 Å². The van der Waals surface area contributed by atoms with Gasteiger partial charge in [0.1, 0.15) is 12.2 Å². The number of rotatable bonds is 3. The van der Waals surface area contributed by atoms with Crippen molar-refractivity contribution in [1.82, 2.24) is 14.1 Å². The van der Waals surface area contributed by atoms with Gasteiger partial charge in [-0.05, 0) is 18.9 Å². The van der Waals surface area contributed by atoms with Crippen LogP contribution in [0, 0.1) is 0 Å². The molecule has 0 aliphatic heterocycles. The van der Waals surface area contributed by atoms with E-state index in [0.29, 0.717) is 0 Å². The summed E-state index contributed by atoms with van der Waals surface area (Å²) < 4.78 is 2.21. The highest BCUT2D eigenvalue weighted by molar-refractivity contribution is 5.87. The van der Waals surface area contributed by atoms with Crippen molar-refractivity contribution >= 4 is 5.97 Å². The van der Waals surface area contributed by atoms with Crippen LogP contribution in [-0.4, -0.2) is 47.6 Å². The fraction of sp³-hybridized carbons (Fsp3) is 0.375. The third-order valence-corrected chi connectivity index (χ3v) is 4.65. The summed E-state index contributed by atoms with van der Waals surface area (Å²) >= 11 is 0. The second kappa shape index (κ2) is 6.73. The number of aromatic nitrogens is 3. The van der Waals surface area contributed by atoms with Crippen molar-refractivity contribution in [2.24, 2.45) is 0 Å². The lowest BCUT2D eigenvalue weighted by Crippen LogP contribution is -2.49. The number of aliphatic hydroxyl groups is 2. The molecule has 2 aromatic rings. The summed E-state index contributed by atoms with van der Waals surface area (Å²) in [4.78, 5) is 48.3. The third-order valence-electron chi connectivity index (χ3n) is 4.65. The van der Waals surface area contributed by atoms with Crippen LogP contribution >= 0.6 is 0 Å². The second-order valence-corrected chi connectivity index (χ2v) is 6.18. The largest absolute Gasteiger partial charge is 0.478 e. The van der Waals surface area contributed by atoms with Crippen molar-refractivity contribution in [2.75, 3.05) is 0 Å². The van der Waals surface area contributed by atoms with Gasteiger partial charge in [0.2, 0.25) is 0 Å². The summed E-state index contributed by atoms with van der Waals surface area (Å²) in [6, 6.07) is 1.75. The van der Waals surface area contributed by atoms with Gasteiger partial charge in [0.15, 0.2) is 0 Å². The van der Waals surface area contributed by atoms with Crippen molar-refractivity contribution in [3.8, 4) is 0 Å². The van der Waals surface area contributed by atoms with Crippen molar-refractivity contribution in [1.29, 1.82) is 0 Å². The van der Waals surface area contributed by atoms with Gasteiger partial charge in [0.25, 0.3) is 11.1 Å². The van der Waals surface area contributed by atoms with Gasteiger partial charge in [0.05, 0.1) is 17.6 Å². The summed E-state index contributed by atoms with van der Waals surface area (Å²) in [5.74, 6) is -1.22. The van der Waals surface area contributed by atoms with Gasteiger partial charge in [0, 0.05) is 24.5 Å². The molecular weight excluding hydrogens is 346 g/mol. The summed E-state index contributed by atoms with van der Waals surface area (Å²) in [5, 5.41) is 30.0. The van der Waals surface area contributed by atoms with E-state index in [4.69, 9.17) is 5.11 Å². The van der Waals surface area contributed by atoms with E-state index in [9.17, 15) is 29.4 Å². The fourth-order valence-corrected chi connectivity index (χ4v) is 3.32. The van der Waals surface area contributed by atoms with Gasteiger partial charge >= 0.3 is 11.7 Å². The Morgan fingerprint density at radius 2 is 1.62 bits per heavy atom. The highest BCUT2D eigenvalue weighted by Crippen LogP contribution is 2.34. The van der Waals surface area contributed by atoms with E-state index < -0.39 is 47.1 Å². The van der Waals surface area contributed by atoms with E-state index in [0.717, 1.165) is 33.5 Å². The topological polar surface area (TPSA) is 155 Å². The molecule has 26 heavy (non-hydrogen) atoms. The average molecular weight is 363 g/mol. The van der Waals surface area contributed by atoms with Crippen LogP contribution in [0.25, 0.3) is 0 Å². The van der Waals surface area contributed by atoms with Gasteiger partial charge in [-0.25, -0.2) is 9.59 Å². The van der Waals surface area contributed by atoms with Crippen LogP contribution in [0.15, 0.2) is 45.0 Å². The van der Waals surface area contributed by atoms with Crippen LogP contribution in [0.1, 0.15) is 35.3 Å². The number of carbonyl (C=O) groups is 1. The number of aromatic carboxylic acids is 1. The zero-order valence-corrected chi connectivity index (χ0v) is 13.5. The number of aromatic amines is 1. The molecule has 0 radical (unpaired) electrons. The monoisotopic (exact) mass is 363 g/mol. The SMILES string of the molecule is O=C(O)c1ccc(=O)n([C@@H]2CC[C@@H](n3ccc(=O)[nH]c3=O)[C@@H](O)[C@@H]2O)c1. The Morgan fingerprint density at radius 1 is 1.00 bits per heavy atom. The highest BCUT2D eigenvalue weighted by Gasteiger charge is 2.40. The predicted molar refractivity (Wildman–Crippen MR) is 88.3 cm³/mol. The molecule has 4 atom stereocenters. The zero-order valence-electron chi connectivity index (χ0n) is 13.5. The average Bonchev–Trinajstić information content (AvgIpc) is 2.58. The molecule has 4 N–H and O–H groups in total. The number of carboxylic acid groups (broad SMARTS) is 1. The van der Waals surface area contributed by atoms with Crippen LogP contribution in [0.4, 0.5) is 0 Å². The Labute approximate surface area is 145 Å². The molecule has 1 aliphatic rings. The number of hydrogen-bond acceptors (Lipinski definition) is 6. The second-order valence-electron chi connectivity index (χ2n) is 6.18. The lowest BCUT2D eigenvalue weighted by atomic mass is 9.85. The summed E-state index contributed by atoms with van der Waals surface area (Å²) in [7, 11) is 0. The quantitative estimate of drug-likeness (QED) is 0.528. The molecule has 1 fully saturated rings. The molecule has 10 heteroatoms. The summed E-state index contributed by atoms with van der Waals surface area (Å²) in [5.41, 5.74) is -1.92. The maximum Gasteiger partial charge on any atom is 0.337 e. The molecule has 1 aliphatic carbocycles. The molecule has 0 aromatic carbocycles. The zero-order chi connectivity index (χ0) is 19.0. The molecule has 0 saturated heterocycles. The molecule has 3 rings (SSSR count). The van der Waals surface area contributed by atoms with E-state index in [1.54, 1.807) is 0 Å². The highest BCUT2D eigenvalue weighted by atomic mass is 16.4. The number of H-pyrrole nitrogens is 1. The van der Waals surface area contributed by atoms with Crippen LogP contribution in [0.5, 0.6) is 0 Å². The Kier molecular flexibility index (Phi) is 4.62. The number of hydrogen-bond donors (Lipinski definition) is 4. The number of nitrogens with one attached hydrogen (secondary N) is 1. The Balaban J connectivity index is 1.93. The standard InChI is InChI=1S/C16H17N3O7/c20-11-5-6-18(16(26)17-11)9-2-3-10(14(23)13(9)22)19-7-8(15(24)25)1-4-12(19)21/h1,4-7,9-10,13-14,22-23H,2-3H2,(H,24,25)(H,17,20,26)/t9-,10-,13-,14-/m1/s1. The molecule has 1 saturated carbocycles. The van der Waals surface area contributed by atoms with Crippen molar-refractivity contribution < 1.29 is 20.1 Å². The van der Waals surface area contributed by atoms with E-state index in [2.05, 4.69) is 4.98 Å². The molecule has 0 spiro atoms. The number of carboxylic acids is 1. The first-order valence-corrected chi connectivity index (χ1v) is 7.92. The van der Waals surface area contributed by atoms with Gasteiger partial charge < -0.3 is 19.9 Å². The first-order valence-electron chi connectivity index (χ1n) is 7.92. The van der Waals surface area contributed by atoms with Gasteiger partial charge in [-0.3, -0.25) is 19.1 Å². The molecule has 0 bridgehead atoms. The van der Waals surface area contributed by atoms with Crippen LogP contribution < -0.4 is 16.8 Å². The third kappa shape index (κ3) is 3.11. The maximum atomic E-state index is 12.1. The number of pyridine rings is 1. The molecular formula is C16H17N3O7. The van der Waals surface area contributed by atoms with Crippen LogP contribution in [-0.2, 0) is 0 Å². The molecule has 10 nitrogen and oxygen atoms in total. The van der Waals surface area contributed by atoms with E-state index in [1.807, 2.05) is 0 Å². The van der Waals surface area contributed by atoms with Crippen molar-refractivity contribution in [3.63, 3.8) is 0 Å². The van der Waals surface area contributed by atoms with Crippen molar-refractivity contribution in [2.45, 2.75) is 37.1 Å². The molecule has 2 heterocycles. The Bertz CT molecular complexity index is 1010. The van der Waals surface area contributed by atoms with E-state index in [-0.39, 0.29) is 18.4 Å². The molecule has 0 unspecified atom stereocenters. The van der Waals surface area contributed by atoms with Crippen molar-refractivity contribution in [3.05, 3.63) is 67.3 Å².